The van der Waals surface area contributed by atoms with Gasteiger partial charge in [0.15, 0.2) is 0 Å². The molecule has 1 aliphatic heterocycles. The normalized spacial score (nSPS) is 17.7. The van der Waals surface area contributed by atoms with Crippen molar-refractivity contribution in [2.75, 3.05) is 31.1 Å². The Hall–Kier alpha value is -1.62. The van der Waals surface area contributed by atoms with E-state index in [2.05, 4.69) is 9.88 Å². The first-order valence-electron chi connectivity index (χ1n) is 6.20. The molecule has 0 aromatic carbocycles. The molecule has 1 atom stereocenters. The summed E-state index contributed by atoms with van der Waals surface area (Å²) in [7, 11) is 0. The Kier molecular flexibility index (Phi) is 3.81. The van der Waals surface area contributed by atoms with E-state index in [0.29, 0.717) is 0 Å². The van der Waals surface area contributed by atoms with Crippen LogP contribution in [0.4, 0.5) is 5.82 Å². The van der Waals surface area contributed by atoms with Crippen LogP contribution in [-0.2, 0) is 4.79 Å². The molecule has 0 spiro atoms. The zero-order valence-corrected chi connectivity index (χ0v) is 10.8. The number of carbonyl (C=O) groups excluding carboxylic acids is 1. The van der Waals surface area contributed by atoms with E-state index in [-0.39, 0.29) is 0 Å². The minimum atomic E-state index is -0.489. The van der Waals surface area contributed by atoms with Crippen LogP contribution in [0, 0.1) is 6.92 Å². The third-order valence-corrected chi connectivity index (χ3v) is 3.32. The Morgan fingerprint density at radius 1 is 1.39 bits per heavy atom. The van der Waals surface area contributed by atoms with E-state index < -0.39 is 6.10 Å². The molecule has 18 heavy (non-hydrogen) atoms. The smallest absolute Gasteiger partial charge is 0.209 e. The van der Waals surface area contributed by atoms with Crippen LogP contribution in [0.5, 0.6) is 0 Å². The zero-order chi connectivity index (χ0) is 13.1. The molecule has 0 bridgehead atoms. The second kappa shape index (κ2) is 5.35. The van der Waals surface area contributed by atoms with Gasteiger partial charge in [-0.2, -0.15) is 0 Å². The Balaban J connectivity index is 2.12. The van der Waals surface area contributed by atoms with Gasteiger partial charge >= 0.3 is 0 Å². The van der Waals surface area contributed by atoms with E-state index in [1.54, 1.807) is 18.0 Å². The summed E-state index contributed by atoms with van der Waals surface area (Å²) in [6.45, 7) is 6.83. The minimum Gasteiger partial charge on any atom is -0.389 e. The molecule has 1 amide bonds. The van der Waals surface area contributed by atoms with Gasteiger partial charge in [0.1, 0.15) is 5.82 Å². The molecule has 1 saturated heterocycles. The molecule has 1 aliphatic rings. The molecule has 1 fully saturated rings. The molecule has 0 aliphatic carbocycles. The number of rotatable bonds is 3. The molecular formula is C13H19N3O2. The van der Waals surface area contributed by atoms with Crippen molar-refractivity contribution < 1.29 is 9.90 Å². The lowest BCUT2D eigenvalue weighted by Crippen LogP contribution is -2.46. The van der Waals surface area contributed by atoms with Gasteiger partial charge in [0.05, 0.1) is 6.10 Å². The maximum Gasteiger partial charge on any atom is 0.209 e. The van der Waals surface area contributed by atoms with Crippen LogP contribution in [0.2, 0.25) is 0 Å². The maximum absolute atomic E-state index is 10.7. The summed E-state index contributed by atoms with van der Waals surface area (Å²) in [5.74, 6) is 0.949. The number of aliphatic hydroxyl groups is 1. The van der Waals surface area contributed by atoms with Crippen LogP contribution in [0.3, 0.4) is 0 Å². The Bertz CT molecular complexity index is 426. The van der Waals surface area contributed by atoms with Gasteiger partial charge in [-0.25, -0.2) is 4.98 Å². The molecule has 5 heteroatoms. The number of pyridine rings is 1. The average molecular weight is 249 g/mol. The first-order valence-corrected chi connectivity index (χ1v) is 6.20. The van der Waals surface area contributed by atoms with Crippen molar-refractivity contribution >= 4 is 12.2 Å². The van der Waals surface area contributed by atoms with E-state index >= 15 is 0 Å². The number of aryl methyl sites for hydroxylation is 1. The van der Waals surface area contributed by atoms with Crippen molar-refractivity contribution in [1.82, 2.24) is 9.88 Å². The summed E-state index contributed by atoms with van der Waals surface area (Å²) < 4.78 is 0. The highest BCUT2D eigenvalue weighted by Gasteiger charge is 2.18. The number of anilines is 1. The number of aliphatic hydroxyl groups excluding tert-OH is 1. The quantitative estimate of drug-likeness (QED) is 0.802. The van der Waals surface area contributed by atoms with Crippen LogP contribution < -0.4 is 4.90 Å². The Morgan fingerprint density at radius 2 is 2.06 bits per heavy atom. The summed E-state index contributed by atoms with van der Waals surface area (Å²) in [6, 6.07) is 1.97. The van der Waals surface area contributed by atoms with E-state index in [4.69, 9.17) is 0 Å². The van der Waals surface area contributed by atoms with E-state index in [0.717, 1.165) is 49.5 Å². The largest absolute Gasteiger partial charge is 0.389 e. The topological polar surface area (TPSA) is 56.7 Å². The molecule has 1 unspecified atom stereocenters. The van der Waals surface area contributed by atoms with Crippen LogP contribution in [-0.4, -0.2) is 47.6 Å². The highest BCUT2D eigenvalue weighted by Crippen LogP contribution is 2.21. The molecule has 2 heterocycles. The number of hydrogen-bond donors (Lipinski definition) is 1. The number of hydrogen-bond acceptors (Lipinski definition) is 4. The predicted molar refractivity (Wildman–Crippen MR) is 69.5 cm³/mol. The molecule has 2 rings (SSSR count). The van der Waals surface area contributed by atoms with Gasteiger partial charge < -0.3 is 14.9 Å². The fourth-order valence-electron chi connectivity index (χ4n) is 2.19. The highest BCUT2D eigenvalue weighted by atomic mass is 16.3. The third-order valence-electron chi connectivity index (χ3n) is 3.32. The maximum atomic E-state index is 10.7. The number of carbonyl (C=O) groups is 1. The minimum absolute atomic E-state index is 0.489. The fourth-order valence-corrected chi connectivity index (χ4v) is 2.19. The van der Waals surface area contributed by atoms with Crippen molar-refractivity contribution in [3.8, 4) is 0 Å². The lowest BCUT2D eigenvalue weighted by Gasteiger charge is -2.34. The third kappa shape index (κ3) is 2.61. The molecule has 1 N–H and O–H groups in total. The van der Waals surface area contributed by atoms with E-state index in [1.807, 2.05) is 13.0 Å². The molecule has 1 aromatic rings. The number of nitrogens with zero attached hydrogens (tertiary/aromatic N) is 3. The monoisotopic (exact) mass is 249 g/mol. The number of piperazine rings is 1. The van der Waals surface area contributed by atoms with Crippen molar-refractivity contribution in [1.29, 1.82) is 0 Å². The Morgan fingerprint density at radius 3 is 2.56 bits per heavy atom. The van der Waals surface area contributed by atoms with E-state index in [1.165, 1.54) is 0 Å². The average Bonchev–Trinajstić information content (AvgIpc) is 2.38. The molecular weight excluding hydrogens is 230 g/mol. The summed E-state index contributed by atoms with van der Waals surface area (Å²) in [6.07, 6.45) is 2.13. The highest BCUT2D eigenvalue weighted by molar-refractivity contribution is 5.51. The van der Waals surface area contributed by atoms with E-state index in [9.17, 15) is 9.90 Å². The van der Waals surface area contributed by atoms with Gasteiger partial charge in [-0.15, -0.1) is 0 Å². The first-order chi connectivity index (χ1) is 8.61. The lowest BCUT2D eigenvalue weighted by molar-refractivity contribution is -0.118. The van der Waals surface area contributed by atoms with Gasteiger partial charge in [-0.3, -0.25) is 4.79 Å². The summed E-state index contributed by atoms with van der Waals surface area (Å²) in [4.78, 5) is 19.0. The molecule has 1 aromatic heterocycles. The predicted octanol–water partition coefficient (Wildman–Crippen LogP) is 0.722. The van der Waals surface area contributed by atoms with Crippen LogP contribution in [0.1, 0.15) is 24.2 Å². The van der Waals surface area contributed by atoms with Gasteiger partial charge in [-0.1, -0.05) is 0 Å². The molecule has 5 nitrogen and oxygen atoms in total. The van der Waals surface area contributed by atoms with Crippen LogP contribution in [0.25, 0.3) is 0 Å². The fraction of sp³-hybridized carbons (Fsp3) is 0.538. The molecule has 0 saturated carbocycles. The van der Waals surface area contributed by atoms with Crippen molar-refractivity contribution in [3.63, 3.8) is 0 Å². The summed E-state index contributed by atoms with van der Waals surface area (Å²) >= 11 is 0. The lowest BCUT2D eigenvalue weighted by atomic mass is 10.1. The summed E-state index contributed by atoms with van der Waals surface area (Å²) in [5.41, 5.74) is 1.90. The van der Waals surface area contributed by atoms with Crippen LogP contribution in [0.15, 0.2) is 12.3 Å². The van der Waals surface area contributed by atoms with Crippen molar-refractivity contribution in [2.24, 2.45) is 0 Å². The number of aromatic nitrogens is 1. The molecule has 0 radical (unpaired) electrons. The van der Waals surface area contributed by atoms with Gasteiger partial charge in [-0.05, 0) is 31.0 Å². The second-order valence-corrected chi connectivity index (χ2v) is 4.71. The second-order valence-electron chi connectivity index (χ2n) is 4.71. The van der Waals surface area contributed by atoms with Crippen molar-refractivity contribution in [3.05, 3.63) is 23.4 Å². The first kappa shape index (κ1) is 12.8. The molecule has 98 valence electrons. The summed E-state index contributed by atoms with van der Waals surface area (Å²) in [5, 5.41) is 9.52. The van der Waals surface area contributed by atoms with Gasteiger partial charge in [0.25, 0.3) is 0 Å². The standard InChI is InChI=1S/C13H19N3O2/c1-10-7-12(11(2)18)8-14-13(10)16-5-3-15(9-17)4-6-16/h7-9,11,18H,3-6H2,1-2H3. The Labute approximate surface area is 107 Å². The van der Waals surface area contributed by atoms with Crippen LogP contribution >= 0.6 is 0 Å². The number of amides is 1. The van der Waals surface area contributed by atoms with Gasteiger partial charge in [0, 0.05) is 32.4 Å². The zero-order valence-electron chi connectivity index (χ0n) is 10.8. The SMILES string of the molecule is Cc1cc(C(C)O)cnc1N1CCN(C=O)CC1. The van der Waals surface area contributed by atoms with Gasteiger partial charge in [0.2, 0.25) is 6.41 Å². The van der Waals surface area contributed by atoms with Crippen molar-refractivity contribution in [2.45, 2.75) is 20.0 Å².